The lowest BCUT2D eigenvalue weighted by atomic mass is 9.95. The summed E-state index contributed by atoms with van der Waals surface area (Å²) in [6.45, 7) is 3.54. The Balaban J connectivity index is 1.73. The first-order chi connectivity index (χ1) is 13.8. The van der Waals surface area contributed by atoms with Gasteiger partial charge >= 0.3 is 0 Å². The molecule has 0 amide bonds. The highest BCUT2D eigenvalue weighted by atomic mass is 19.3. The molecular formula is C21H18F3N5. The van der Waals surface area contributed by atoms with Crippen molar-refractivity contribution in [2.75, 3.05) is 5.32 Å². The lowest BCUT2D eigenvalue weighted by Gasteiger charge is -2.15. The van der Waals surface area contributed by atoms with Gasteiger partial charge in [0.2, 0.25) is 0 Å². The first kappa shape index (κ1) is 19.1. The van der Waals surface area contributed by atoms with Crippen LogP contribution < -0.4 is 5.32 Å². The Bertz CT molecular complexity index is 1150. The highest BCUT2D eigenvalue weighted by molar-refractivity contribution is 5.87. The molecule has 0 atom stereocenters. The standard InChI is InChI=1S/C21H18F3N5/c1-11-16(21(10-25)6-7-21)8-15-19(28-12(2)29-20(15)27-11)26-9-13-4-3-5-14(17(13)22)18(23)24/h3-5,8,18H,6-7,9H2,1-2H3,(H,26,27,28,29). The Morgan fingerprint density at radius 2 is 1.97 bits per heavy atom. The third kappa shape index (κ3) is 3.37. The number of fused-ring (bicyclic) bond motifs is 1. The normalized spacial score (nSPS) is 14.8. The maximum absolute atomic E-state index is 14.3. The van der Waals surface area contributed by atoms with Gasteiger partial charge in [-0.2, -0.15) is 5.26 Å². The molecule has 29 heavy (non-hydrogen) atoms. The second-order valence-corrected chi connectivity index (χ2v) is 7.28. The summed E-state index contributed by atoms with van der Waals surface area (Å²) in [7, 11) is 0. The molecule has 0 radical (unpaired) electrons. The maximum Gasteiger partial charge on any atom is 0.266 e. The predicted octanol–water partition coefficient (Wildman–Crippen LogP) is 4.89. The van der Waals surface area contributed by atoms with Crippen LogP contribution in [0.15, 0.2) is 24.3 Å². The van der Waals surface area contributed by atoms with Gasteiger partial charge in [0.25, 0.3) is 6.43 Å². The Hall–Kier alpha value is -3.21. The first-order valence-corrected chi connectivity index (χ1v) is 9.21. The quantitative estimate of drug-likeness (QED) is 0.664. The van der Waals surface area contributed by atoms with Crippen molar-refractivity contribution in [3.05, 3.63) is 58.3 Å². The summed E-state index contributed by atoms with van der Waals surface area (Å²) in [6, 6.07) is 8.15. The Labute approximate surface area is 165 Å². The number of nitriles is 1. The number of aromatic nitrogens is 3. The average Bonchev–Trinajstić information content (AvgIpc) is 3.47. The molecule has 8 heteroatoms. The van der Waals surface area contributed by atoms with Gasteiger partial charge in [0.05, 0.1) is 22.4 Å². The van der Waals surface area contributed by atoms with E-state index in [0.717, 1.165) is 30.2 Å². The third-order valence-electron chi connectivity index (χ3n) is 5.26. The minimum Gasteiger partial charge on any atom is -0.365 e. The van der Waals surface area contributed by atoms with E-state index in [9.17, 15) is 18.4 Å². The number of anilines is 1. The van der Waals surface area contributed by atoms with Gasteiger partial charge in [-0.1, -0.05) is 18.2 Å². The van der Waals surface area contributed by atoms with E-state index < -0.39 is 23.2 Å². The third-order valence-corrected chi connectivity index (χ3v) is 5.26. The van der Waals surface area contributed by atoms with E-state index in [4.69, 9.17) is 0 Å². The van der Waals surface area contributed by atoms with Gasteiger partial charge in [-0.3, -0.25) is 0 Å². The molecule has 0 spiro atoms. The molecule has 3 aromatic rings. The Kier molecular flexibility index (Phi) is 4.61. The SMILES string of the molecule is Cc1nc(NCc2cccc(C(F)F)c2F)c2cc(C3(C#N)CC3)c(C)nc2n1. The summed E-state index contributed by atoms with van der Waals surface area (Å²) in [6.07, 6.45) is -1.33. The minimum absolute atomic E-state index is 0.0233. The number of alkyl halides is 2. The maximum atomic E-state index is 14.3. The largest absolute Gasteiger partial charge is 0.365 e. The summed E-state index contributed by atoms with van der Waals surface area (Å²) < 4.78 is 40.2. The van der Waals surface area contributed by atoms with Gasteiger partial charge in [0.1, 0.15) is 17.5 Å². The molecule has 1 fully saturated rings. The summed E-state index contributed by atoms with van der Waals surface area (Å²) in [4.78, 5) is 13.3. The van der Waals surface area contributed by atoms with Crippen molar-refractivity contribution in [2.24, 2.45) is 0 Å². The zero-order valence-electron chi connectivity index (χ0n) is 15.9. The van der Waals surface area contributed by atoms with Gasteiger partial charge in [-0.25, -0.2) is 28.1 Å². The predicted molar refractivity (Wildman–Crippen MR) is 102 cm³/mol. The van der Waals surface area contributed by atoms with Gasteiger partial charge in [0.15, 0.2) is 5.65 Å². The fourth-order valence-corrected chi connectivity index (χ4v) is 3.52. The summed E-state index contributed by atoms with van der Waals surface area (Å²) >= 11 is 0. The van der Waals surface area contributed by atoms with E-state index in [-0.39, 0.29) is 12.1 Å². The molecule has 1 aliphatic carbocycles. The number of nitrogens with zero attached hydrogens (tertiary/aromatic N) is 4. The van der Waals surface area contributed by atoms with Crippen LogP contribution in [0.1, 0.15) is 47.5 Å². The van der Waals surface area contributed by atoms with E-state index in [1.165, 1.54) is 12.1 Å². The van der Waals surface area contributed by atoms with Crippen LogP contribution >= 0.6 is 0 Å². The average molecular weight is 397 g/mol. The number of benzene rings is 1. The number of rotatable bonds is 5. The second-order valence-electron chi connectivity index (χ2n) is 7.28. The fraction of sp³-hybridized carbons (Fsp3) is 0.333. The molecule has 1 aromatic carbocycles. The van der Waals surface area contributed by atoms with E-state index in [1.54, 1.807) is 6.92 Å². The zero-order valence-corrected chi connectivity index (χ0v) is 15.9. The van der Waals surface area contributed by atoms with Crippen molar-refractivity contribution in [1.82, 2.24) is 15.0 Å². The van der Waals surface area contributed by atoms with Crippen molar-refractivity contribution in [3.8, 4) is 6.07 Å². The van der Waals surface area contributed by atoms with Gasteiger partial charge in [0, 0.05) is 17.8 Å². The van der Waals surface area contributed by atoms with Gasteiger partial charge in [-0.15, -0.1) is 0 Å². The van der Waals surface area contributed by atoms with Gasteiger partial charge in [-0.05, 0) is 38.3 Å². The highest BCUT2D eigenvalue weighted by Gasteiger charge is 2.46. The molecule has 4 rings (SSSR count). The number of aryl methyl sites for hydroxylation is 2. The fourth-order valence-electron chi connectivity index (χ4n) is 3.52. The molecular weight excluding hydrogens is 379 g/mol. The van der Waals surface area contributed by atoms with Crippen LogP contribution in [0.5, 0.6) is 0 Å². The topological polar surface area (TPSA) is 74.5 Å². The van der Waals surface area contributed by atoms with E-state index in [1.807, 2.05) is 13.0 Å². The van der Waals surface area contributed by atoms with Crippen LogP contribution in [0.4, 0.5) is 19.0 Å². The molecule has 148 valence electrons. The Morgan fingerprint density at radius 1 is 1.21 bits per heavy atom. The molecule has 2 aromatic heterocycles. The van der Waals surface area contributed by atoms with Crippen LogP contribution in [-0.4, -0.2) is 15.0 Å². The summed E-state index contributed by atoms with van der Waals surface area (Å²) in [5, 5.41) is 13.2. The lowest BCUT2D eigenvalue weighted by molar-refractivity contribution is 0.146. The van der Waals surface area contributed by atoms with Crippen LogP contribution in [0.3, 0.4) is 0 Å². The van der Waals surface area contributed by atoms with Crippen LogP contribution in [0.2, 0.25) is 0 Å². The number of pyridine rings is 1. The minimum atomic E-state index is -2.88. The van der Waals surface area contributed by atoms with Crippen molar-refractivity contribution in [1.29, 1.82) is 5.26 Å². The number of halogens is 3. The van der Waals surface area contributed by atoms with Crippen molar-refractivity contribution < 1.29 is 13.2 Å². The molecule has 0 bridgehead atoms. The monoisotopic (exact) mass is 397 g/mol. The van der Waals surface area contributed by atoms with E-state index in [2.05, 4.69) is 26.3 Å². The molecule has 5 nitrogen and oxygen atoms in total. The number of hydrogen-bond donors (Lipinski definition) is 1. The van der Waals surface area contributed by atoms with Crippen molar-refractivity contribution in [3.63, 3.8) is 0 Å². The van der Waals surface area contributed by atoms with Crippen LogP contribution in [-0.2, 0) is 12.0 Å². The Morgan fingerprint density at radius 3 is 2.62 bits per heavy atom. The smallest absolute Gasteiger partial charge is 0.266 e. The molecule has 0 unspecified atom stereocenters. The van der Waals surface area contributed by atoms with E-state index >= 15 is 0 Å². The highest BCUT2D eigenvalue weighted by Crippen LogP contribution is 2.49. The van der Waals surface area contributed by atoms with Crippen LogP contribution in [0.25, 0.3) is 11.0 Å². The summed E-state index contributed by atoms with van der Waals surface area (Å²) in [5.41, 5.74) is 1.02. The molecule has 1 saturated carbocycles. The van der Waals surface area contributed by atoms with Crippen molar-refractivity contribution in [2.45, 2.75) is 45.1 Å². The van der Waals surface area contributed by atoms with Crippen molar-refractivity contribution >= 4 is 16.9 Å². The number of hydrogen-bond acceptors (Lipinski definition) is 5. The molecule has 1 N–H and O–H groups in total. The lowest BCUT2D eigenvalue weighted by Crippen LogP contribution is -2.11. The molecule has 1 aliphatic rings. The van der Waals surface area contributed by atoms with Gasteiger partial charge < -0.3 is 5.32 Å². The van der Waals surface area contributed by atoms with E-state index in [0.29, 0.717) is 22.7 Å². The van der Waals surface area contributed by atoms with Crippen LogP contribution in [0, 0.1) is 31.0 Å². The second kappa shape index (κ2) is 6.99. The number of nitrogens with one attached hydrogen (secondary N) is 1. The summed E-state index contributed by atoms with van der Waals surface area (Å²) in [5.74, 6) is -0.0270. The molecule has 0 saturated heterocycles. The molecule has 2 heterocycles. The first-order valence-electron chi connectivity index (χ1n) is 9.21. The zero-order chi connectivity index (χ0) is 20.8. The molecule has 0 aliphatic heterocycles.